The first-order valence-corrected chi connectivity index (χ1v) is 21.3. The van der Waals surface area contributed by atoms with E-state index in [1.165, 1.54) is 82.5 Å². The van der Waals surface area contributed by atoms with Gasteiger partial charge in [0.1, 0.15) is 11.2 Å². The van der Waals surface area contributed by atoms with E-state index in [4.69, 9.17) is 4.42 Å². The highest BCUT2D eigenvalue weighted by Gasteiger charge is 2.62. The topological polar surface area (TPSA) is 16.4 Å². The highest BCUT2D eigenvalue weighted by molar-refractivity contribution is 6.09. The zero-order chi connectivity index (χ0) is 37.6. The van der Waals surface area contributed by atoms with Gasteiger partial charge >= 0.3 is 0 Å². The van der Waals surface area contributed by atoms with Gasteiger partial charge in [-0.3, -0.25) is 0 Å². The Bertz CT molecular complexity index is 2930. The molecular formula is C55H45NO. The van der Waals surface area contributed by atoms with Gasteiger partial charge in [-0.05, 0) is 137 Å². The maximum absolute atomic E-state index is 6.51. The maximum atomic E-state index is 6.51. The molecule has 4 saturated carbocycles. The molecule has 6 aliphatic carbocycles. The molecule has 276 valence electrons. The summed E-state index contributed by atoms with van der Waals surface area (Å²) in [6.07, 6.45) is 7.00. The predicted molar refractivity (Wildman–Crippen MR) is 235 cm³/mol. The molecule has 0 amide bonds. The Morgan fingerprint density at radius 2 is 1.11 bits per heavy atom. The number of hydrogen-bond acceptors (Lipinski definition) is 2. The van der Waals surface area contributed by atoms with Crippen LogP contribution in [-0.4, -0.2) is 0 Å². The van der Waals surface area contributed by atoms with E-state index in [0.717, 1.165) is 56.7 Å². The van der Waals surface area contributed by atoms with E-state index in [1.807, 2.05) is 0 Å². The molecule has 0 radical (unpaired) electrons. The Hall–Kier alpha value is -5.86. The lowest BCUT2D eigenvalue weighted by molar-refractivity contribution is -0.0399. The minimum Gasteiger partial charge on any atom is -0.455 e. The van der Waals surface area contributed by atoms with Crippen molar-refractivity contribution < 1.29 is 4.42 Å². The van der Waals surface area contributed by atoms with E-state index in [2.05, 4.69) is 170 Å². The van der Waals surface area contributed by atoms with Crippen molar-refractivity contribution in [2.24, 2.45) is 23.7 Å². The summed E-state index contributed by atoms with van der Waals surface area (Å²) in [5.41, 5.74) is 19.4. The maximum Gasteiger partial charge on any atom is 0.143 e. The second-order valence-electron chi connectivity index (χ2n) is 18.5. The van der Waals surface area contributed by atoms with E-state index in [9.17, 15) is 0 Å². The van der Waals surface area contributed by atoms with Gasteiger partial charge < -0.3 is 9.32 Å². The highest BCUT2D eigenvalue weighted by atomic mass is 16.3. The summed E-state index contributed by atoms with van der Waals surface area (Å²) in [7, 11) is 0. The van der Waals surface area contributed by atoms with Crippen LogP contribution < -0.4 is 4.90 Å². The molecule has 1 aromatic heterocycles. The predicted octanol–water partition coefficient (Wildman–Crippen LogP) is 14.8. The van der Waals surface area contributed by atoms with Crippen LogP contribution in [0.3, 0.4) is 0 Å². The highest BCUT2D eigenvalue weighted by Crippen LogP contribution is 2.70. The Balaban J connectivity index is 1.02. The number of furan rings is 1. The first kappa shape index (κ1) is 32.2. The SMILES string of the molecule is CC1(C)c2ccccc2-c2ccc(N(c3ccc(-c4cccc5c4oc4ccccc45)cc3)c3cccc4c3-c3ccccc3C43C4CC5CC(C4)CC3C5)cc21. The zero-order valence-electron chi connectivity index (χ0n) is 32.6. The van der Waals surface area contributed by atoms with Crippen LogP contribution in [0.5, 0.6) is 0 Å². The number of anilines is 3. The molecular weight excluding hydrogens is 691 g/mol. The fraction of sp³-hybridized carbons (Fsp3) is 0.236. The van der Waals surface area contributed by atoms with Gasteiger partial charge in [0, 0.05) is 44.1 Å². The molecule has 0 saturated heterocycles. The molecule has 6 aliphatic rings. The summed E-state index contributed by atoms with van der Waals surface area (Å²) in [6, 6.07) is 57.3. The zero-order valence-corrected chi connectivity index (χ0v) is 32.6. The van der Waals surface area contributed by atoms with Crippen LogP contribution in [0.25, 0.3) is 55.3 Å². The minimum absolute atomic E-state index is 0.0988. The Morgan fingerprint density at radius 1 is 0.491 bits per heavy atom. The Kier molecular flexibility index (Phi) is 6.44. The second kappa shape index (κ2) is 11.4. The molecule has 8 aromatic rings. The molecule has 0 atom stereocenters. The van der Waals surface area contributed by atoms with Gasteiger partial charge in [0.25, 0.3) is 0 Å². The molecule has 1 heterocycles. The van der Waals surface area contributed by atoms with Gasteiger partial charge in [-0.2, -0.15) is 0 Å². The van der Waals surface area contributed by atoms with Crippen molar-refractivity contribution in [1.82, 2.24) is 0 Å². The molecule has 7 aromatic carbocycles. The number of fused-ring (bicyclic) bond motifs is 9. The average molecular weight is 736 g/mol. The average Bonchev–Trinajstić information content (AvgIpc) is 3.85. The summed E-state index contributed by atoms with van der Waals surface area (Å²) < 4.78 is 6.51. The normalized spacial score (nSPS) is 24.2. The number of nitrogens with zero attached hydrogens (tertiary/aromatic N) is 1. The van der Waals surface area contributed by atoms with Gasteiger partial charge in [-0.25, -0.2) is 0 Å². The lowest BCUT2D eigenvalue weighted by Gasteiger charge is -2.61. The van der Waals surface area contributed by atoms with E-state index in [-0.39, 0.29) is 10.8 Å². The van der Waals surface area contributed by atoms with Crippen LogP contribution in [0.15, 0.2) is 156 Å². The van der Waals surface area contributed by atoms with Crippen LogP contribution in [-0.2, 0) is 10.8 Å². The molecule has 0 aliphatic heterocycles. The van der Waals surface area contributed by atoms with E-state index < -0.39 is 0 Å². The number of benzene rings is 7. The first-order valence-electron chi connectivity index (χ1n) is 21.3. The number of rotatable bonds is 4. The van der Waals surface area contributed by atoms with Crippen molar-refractivity contribution in [3.05, 3.63) is 174 Å². The summed E-state index contributed by atoms with van der Waals surface area (Å²) in [6.45, 7) is 4.79. The fourth-order valence-electron chi connectivity index (χ4n) is 13.4. The third-order valence-corrected chi connectivity index (χ3v) is 15.5. The lowest BCUT2D eigenvalue weighted by atomic mass is 9.43. The molecule has 1 spiro atoms. The van der Waals surface area contributed by atoms with Crippen LogP contribution >= 0.6 is 0 Å². The monoisotopic (exact) mass is 735 g/mol. The number of para-hydroxylation sites is 2. The van der Waals surface area contributed by atoms with Gasteiger partial charge in [-0.1, -0.05) is 129 Å². The summed E-state index contributed by atoms with van der Waals surface area (Å²) in [5.74, 6) is 3.27. The smallest absolute Gasteiger partial charge is 0.143 e. The van der Waals surface area contributed by atoms with Crippen molar-refractivity contribution in [3.8, 4) is 33.4 Å². The third-order valence-electron chi connectivity index (χ3n) is 15.5. The van der Waals surface area contributed by atoms with Crippen molar-refractivity contribution in [2.45, 2.75) is 56.8 Å². The largest absolute Gasteiger partial charge is 0.455 e. The van der Waals surface area contributed by atoms with Crippen molar-refractivity contribution >= 4 is 39.0 Å². The molecule has 0 N–H and O–H groups in total. The second-order valence-corrected chi connectivity index (χ2v) is 18.5. The fourth-order valence-corrected chi connectivity index (χ4v) is 13.4. The molecule has 4 bridgehead atoms. The van der Waals surface area contributed by atoms with Crippen LogP contribution in [0.4, 0.5) is 17.1 Å². The molecule has 57 heavy (non-hydrogen) atoms. The van der Waals surface area contributed by atoms with E-state index in [0.29, 0.717) is 0 Å². The number of hydrogen-bond donors (Lipinski definition) is 0. The summed E-state index contributed by atoms with van der Waals surface area (Å²) in [5, 5.41) is 2.32. The van der Waals surface area contributed by atoms with Crippen molar-refractivity contribution in [2.75, 3.05) is 4.90 Å². The van der Waals surface area contributed by atoms with Crippen molar-refractivity contribution in [3.63, 3.8) is 0 Å². The van der Waals surface area contributed by atoms with Gasteiger partial charge in [0.05, 0.1) is 5.69 Å². The molecule has 14 rings (SSSR count). The Labute approximate surface area is 334 Å². The quantitative estimate of drug-likeness (QED) is 0.179. The van der Waals surface area contributed by atoms with Gasteiger partial charge in [0.2, 0.25) is 0 Å². The first-order chi connectivity index (χ1) is 28.0. The third kappa shape index (κ3) is 4.21. The molecule has 0 unspecified atom stereocenters. The lowest BCUT2D eigenvalue weighted by Crippen LogP contribution is -2.55. The van der Waals surface area contributed by atoms with Gasteiger partial charge in [0.15, 0.2) is 0 Å². The minimum atomic E-state index is -0.0988. The molecule has 4 fully saturated rings. The standard InChI is InChI=1S/C55H45NO/c1-54(2)46-16-6-3-11-41(46)42-26-25-39(32-49(42)54)56(38-23-21-35(22-24-38)40-14-9-15-44-43-12-5-8-20-51(43)57-53(40)44)50-19-10-18-48-52(50)45-13-4-7-17-47(45)55(48)36-28-33-27-34(30-36)31-37(55)29-33/h3-26,32-34,36-37H,27-31H2,1-2H3. The summed E-state index contributed by atoms with van der Waals surface area (Å²) in [4.78, 5) is 2.58. The van der Waals surface area contributed by atoms with E-state index >= 15 is 0 Å². The summed E-state index contributed by atoms with van der Waals surface area (Å²) >= 11 is 0. The molecule has 2 nitrogen and oxygen atoms in total. The van der Waals surface area contributed by atoms with E-state index in [1.54, 1.807) is 11.1 Å². The van der Waals surface area contributed by atoms with Crippen LogP contribution in [0, 0.1) is 23.7 Å². The van der Waals surface area contributed by atoms with Gasteiger partial charge in [-0.15, -0.1) is 0 Å². The van der Waals surface area contributed by atoms with Crippen molar-refractivity contribution in [1.29, 1.82) is 0 Å². The van der Waals surface area contributed by atoms with Crippen LogP contribution in [0.2, 0.25) is 0 Å². The van der Waals surface area contributed by atoms with Crippen LogP contribution in [0.1, 0.15) is 68.2 Å². The Morgan fingerprint density at radius 3 is 1.91 bits per heavy atom. The molecule has 2 heteroatoms.